The zero-order valence-corrected chi connectivity index (χ0v) is 9.61. The van der Waals surface area contributed by atoms with E-state index in [1.807, 2.05) is 0 Å². The summed E-state index contributed by atoms with van der Waals surface area (Å²) in [4.78, 5) is 15.2. The van der Waals surface area contributed by atoms with Crippen LogP contribution in [-0.4, -0.2) is 24.2 Å². The van der Waals surface area contributed by atoms with Gasteiger partial charge >= 0.3 is 5.97 Å². The van der Waals surface area contributed by atoms with Gasteiger partial charge in [0.15, 0.2) is 17.0 Å². The van der Waals surface area contributed by atoms with Crippen molar-refractivity contribution in [3.05, 3.63) is 36.1 Å². The Morgan fingerprint density at radius 3 is 3.06 bits per heavy atom. The third-order valence-electron chi connectivity index (χ3n) is 1.84. The lowest BCUT2D eigenvalue weighted by molar-refractivity contribution is -0.148. The zero-order chi connectivity index (χ0) is 12.0. The second-order valence-corrected chi connectivity index (χ2v) is 3.30. The summed E-state index contributed by atoms with van der Waals surface area (Å²) in [5.74, 6) is -0.124. The topological polar surface area (TPSA) is 48.4 Å². The number of aromatic nitrogens is 1. The average Bonchev–Trinajstić information content (AvgIpc) is 2.30. The van der Waals surface area contributed by atoms with Gasteiger partial charge in [-0.25, -0.2) is 9.78 Å². The molecule has 5 heteroatoms. The molecule has 4 nitrogen and oxygen atoms in total. The van der Waals surface area contributed by atoms with Crippen LogP contribution < -0.4 is 4.74 Å². The number of hydrogen-bond donors (Lipinski definition) is 0. The van der Waals surface area contributed by atoms with E-state index in [9.17, 15) is 4.79 Å². The minimum atomic E-state index is -0.746. The molecule has 1 unspecified atom stereocenters. The number of halogens is 1. The van der Waals surface area contributed by atoms with E-state index in [-0.39, 0.29) is 5.15 Å². The van der Waals surface area contributed by atoms with E-state index in [1.165, 1.54) is 13.3 Å². The van der Waals surface area contributed by atoms with Crippen LogP contribution in [0.3, 0.4) is 0 Å². The van der Waals surface area contributed by atoms with Gasteiger partial charge in [-0.2, -0.15) is 0 Å². The van der Waals surface area contributed by atoms with Crippen molar-refractivity contribution in [2.24, 2.45) is 0 Å². The molecular weight excluding hydrogens is 230 g/mol. The van der Waals surface area contributed by atoms with Gasteiger partial charge in [-0.3, -0.25) is 0 Å². The Bertz CT molecular complexity index is 381. The zero-order valence-electron chi connectivity index (χ0n) is 8.85. The Kier molecular flexibility index (Phi) is 4.79. The molecule has 0 aliphatic heterocycles. The fraction of sp³-hybridized carbons (Fsp3) is 0.273. The third kappa shape index (κ3) is 3.24. The Balaban J connectivity index is 2.79. The van der Waals surface area contributed by atoms with Crippen LogP contribution in [0, 0.1) is 0 Å². The van der Waals surface area contributed by atoms with E-state index in [0.29, 0.717) is 12.2 Å². The van der Waals surface area contributed by atoms with Crippen molar-refractivity contribution < 1.29 is 14.3 Å². The summed E-state index contributed by atoms with van der Waals surface area (Å²) < 4.78 is 10.00. The van der Waals surface area contributed by atoms with Gasteiger partial charge in [0.05, 0.1) is 7.11 Å². The lowest BCUT2D eigenvalue weighted by Crippen LogP contribution is -2.28. The highest BCUT2D eigenvalue weighted by Gasteiger charge is 2.20. The van der Waals surface area contributed by atoms with E-state index >= 15 is 0 Å². The first-order chi connectivity index (χ1) is 7.69. The number of esters is 1. The summed E-state index contributed by atoms with van der Waals surface area (Å²) in [6, 6.07) is 3.30. The molecule has 0 saturated heterocycles. The fourth-order valence-electron chi connectivity index (χ4n) is 1.09. The van der Waals surface area contributed by atoms with Crippen LogP contribution in [0.15, 0.2) is 31.0 Å². The molecule has 0 bridgehead atoms. The van der Waals surface area contributed by atoms with Crippen LogP contribution in [0.5, 0.6) is 5.75 Å². The van der Waals surface area contributed by atoms with E-state index in [1.54, 1.807) is 18.2 Å². The van der Waals surface area contributed by atoms with E-state index in [4.69, 9.17) is 16.3 Å². The fourth-order valence-corrected chi connectivity index (χ4v) is 1.25. The van der Waals surface area contributed by atoms with Crippen molar-refractivity contribution in [2.75, 3.05) is 7.11 Å². The largest absolute Gasteiger partial charge is 0.475 e. The Hall–Kier alpha value is -1.55. The summed E-state index contributed by atoms with van der Waals surface area (Å²) >= 11 is 5.80. The van der Waals surface area contributed by atoms with Crippen LogP contribution in [0.1, 0.15) is 6.42 Å². The molecule has 86 valence electrons. The average molecular weight is 242 g/mol. The van der Waals surface area contributed by atoms with Gasteiger partial charge in [0.25, 0.3) is 0 Å². The molecule has 0 amide bonds. The van der Waals surface area contributed by atoms with Crippen LogP contribution in [0.25, 0.3) is 0 Å². The van der Waals surface area contributed by atoms with Crippen LogP contribution in [0.4, 0.5) is 0 Å². The molecule has 0 saturated carbocycles. The van der Waals surface area contributed by atoms with Gasteiger partial charge in [0, 0.05) is 12.6 Å². The second-order valence-electron chi connectivity index (χ2n) is 2.95. The van der Waals surface area contributed by atoms with Crippen LogP contribution in [-0.2, 0) is 9.53 Å². The predicted molar refractivity (Wildman–Crippen MR) is 60.5 cm³/mol. The molecular formula is C11H12ClNO3. The molecule has 16 heavy (non-hydrogen) atoms. The number of carbonyl (C=O) groups is 1. The van der Waals surface area contributed by atoms with Gasteiger partial charge in [0.1, 0.15) is 0 Å². The smallest absolute Gasteiger partial charge is 0.347 e. The number of nitrogens with zero attached hydrogens (tertiary/aromatic N) is 1. The van der Waals surface area contributed by atoms with Gasteiger partial charge in [0.2, 0.25) is 0 Å². The highest BCUT2D eigenvalue weighted by molar-refractivity contribution is 6.30. The quantitative estimate of drug-likeness (QED) is 0.451. The Morgan fingerprint density at radius 1 is 1.75 bits per heavy atom. The second kappa shape index (κ2) is 6.12. The maximum atomic E-state index is 11.4. The number of ether oxygens (including phenoxy) is 2. The van der Waals surface area contributed by atoms with E-state index in [0.717, 1.165) is 0 Å². The van der Waals surface area contributed by atoms with Crippen molar-refractivity contribution in [2.45, 2.75) is 12.5 Å². The van der Waals surface area contributed by atoms with Gasteiger partial charge in [-0.1, -0.05) is 17.7 Å². The standard InChI is InChI=1S/C11H12ClNO3/c1-3-5-9(11(14)15-2)16-8-6-4-7-13-10(8)12/h3-4,6-7,9H,1,5H2,2H3. The van der Waals surface area contributed by atoms with Crippen molar-refractivity contribution in [1.29, 1.82) is 0 Å². The van der Waals surface area contributed by atoms with Gasteiger partial charge in [-0.05, 0) is 12.1 Å². The molecule has 0 aliphatic rings. The first-order valence-electron chi connectivity index (χ1n) is 4.65. The minimum Gasteiger partial charge on any atom is -0.475 e. The van der Waals surface area contributed by atoms with Crippen LogP contribution >= 0.6 is 11.6 Å². The molecule has 1 aromatic heterocycles. The minimum absolute atomic E-state index is 0.209. The van der Waals surface area contributed by atoms with E-state index in [2.05, 4.69) is 16.3 Å². The predicted octanol–water partition coefficient (Wildman–Crippen LogP) is 2.23. The lowest BCUT2D eigenvalue weighted by Gasteiger charge is -2.15. The van der Waals surface area contributed by atoms with Gasteiger partial charge in [-0.15, -0.1) is 6.58 Å². The maximum Gasteiger partial charge on any atom is 0.347 e. The molecule has 1 rings (SSSR count). The molecule has 0 aliphatic carbocycles. The SMILES string of the molecule is C=CCC(Oc1cccnc1Cl)C(=O)OC. The monoisotopic (exact) mass is 241 g/mol. The Labute approximate surface area is 98.8 Å². The number of carbonyl (C=O) groups excluding carboxylic acids is 1. The number of rotatable bonds is 5. The molecule has 0 radical (unpaired) electrons. The third-order valence-corrected chi connectivity index (χ3v) is 2.12. The normalized spacial score (nSPS) is 11.6. The van der Waals surface area contributed by atoms with Crippen molar-refractivity contribution in [3.8, 4) is 5.75 Å². The van der Waals surface area contributed by atoms with Crippen LogP contribution in [0.2, 0.25) is 5.15 Å². The van der Waals surface area contributed by atoms with E-state index < -0.39 is 12.1 Å². The Morgan fingerprint density at radius 2 is 2.50 bits per heavy atom. The summed E-state index contributed by atoms with van der Waals surface area (Å²) in [7, 11) is 1.30. The summed E-state index contributed by atoms with van der Waals surface area (Å²) in [5, 5.41) is 0.209. The first-order valence-corrected chi connectivity index (χ1v) is 5.02. The summed E-state index contributed by atoms with van der Waals surface area (Å²) in [6.45, 7) is 3.54. The number of methoxy groups -OCH3 is 1. The van der Waals surface area contributed by atoms with Crippen molar-refractivity contribution in [1.82, 2.24) is 4.98 Å². The summed E-state index contributed by atoms with van der Waals surface area (Å²) in [5.41, 5.74) is 0. The highest BCUT2D eigenvalue weighted by Crippen LogP contribution is 2.22. The van der Waals surface area contributed by atoms with Crippen molar-refractivity contribution in [3.63, 3.8) is 0 Å². The first kappa shape index (κ1) is 12.5. The molecule has 0 spiro atoms. The molecule has 0 N–H and O–H groups in total. The molecule has 1 heterocycles. The molecule has 0 aromatic carbocycles. The highest BCUT2D eigenvalue weighted by atomic mass is 35.5. The molecule has 0 fully saturated rings. The molecule has 1 aromatic rings. The van der Waals surface area contributed by atoms with Gasteiger partial charge < -0.3 is 9.47 Å². The van der Waals surface area contributed by atoms with Crippen molar-refractivity contribution >= 4 is 17.6 Å². The number of pyridine rings is 1. The summed E-state index contributed by atoms with van der Waals surface area (Å²) in [6.07, 6.45) is 2.71. The lowest BCUT2D eigenvalue weighted by atomic mass is 10.2. The maximum absolute atomic E-state index is 11.4. The molecule has 1 atom stereocenters. The number of hydrogen-bond acceptors (Lipinski definition) is 4.